The number of nitrogens with zero attached hydrogens (tertiary/aromatic N) is 3. The Kier molecular flexibility index (Phi) is 3.76. The van der Waals surface area contributed by atoms with E-state index in [9.17, 15) is 8.42 Å². The number of benzene rings is 1. The molecule has 0 saturated heterocycles. The second-order valence-corrected chi connectivity index (χ2v) is 6.93. The van der Waals surface area contributed by atoms with Gasteiger partial charge in [0.2, 0.25) is 0 Å². The van der Waals surface area contributed by atoms with E-state index >= 15 is 0 Å². The minimum atomic E-state index is -3.14. The Labute approximate surface area is 127 Å². The highest BCUT2D eigenvalue weighted by Gasteiger charge is 2.07. The first-order valence-corrected chi connectivity index (χ1v) is 8.60. The lowest BCUT2D eigenvalue weighted by Crippen LogP contribution is -2.07. The molecule has 0 aliphatic carbocycles. The van der Waals surface area contributed by atoms with E-state index in [1.165, 1.54) is 12.6 Å². The van der Waals surface area contributed by atoms with Crippen LogP contribution in [0.25, 0.3) is 11.2 Å². The van der Waals surface area contributed by atoms with Gasteiger partial charge < -0.3 is 10.3 Å². The second kappa shape index (κ2) is 5.72. The van der Waals surface area contributed by atoms with Crippen LogP contribution in [-0.4, -0.2) is 41.2 Å². The van der Waals surface area contributed by atoms with E-state index < -0.39 is 9.84 Å². The van der Waals surface area contributed by atoms with Crippen molar-refractivity contribution < 1.29 is 8.42 Å². The summed E-state index contributed by atoms with van der Waals surface area (Å²) >= 11 is 0. The second-order valence-electron chi connectivity index (χ2n) is 4.92. The minimum absolute atomic E-state index is 0.333. The lowest BCUT2D eigenvalue weighted by atomic mass is 10.1. The molecular weight excluding hydrogens is 302 g/mol. The summed E-state index contributed by atoms with van der Waals surface area (Å²) in [4.78, 5) is 15.6. The first-order chi connectivity index (χ1) is 10.5. The molecule has 2 N–H and O–H groups in total. The third-order valence-electron chi connectivity index (χ3n) is 3.28. The van der Waals surface area contributed by atoms with E-state index in [4.69, 9.17) is 0 Å². The van der Waals surface area contributed by atoms with Gasteiger partial charge in [-0.25, -0.2) is 23.4 Å². The smallest absolute Gasteiger partial charge is 0.182 e. The van der Waals surface area contributed by atoms with Crippen LogP contribution in [0.1, 0.15) is 5.56 Å². The van der Waals surface area contributed by atoms with Crippen LogP contribution in [0.4, 0.5) is 5.82 Å². The van der Waals surface area contributed by atoms with Gasteiger partial charge in [0, 0.05) is 12.8 Å². The molecule has 0 atom stereocenters. The molecule has 0 amide bonds. The van der Waals surface area contributed by atoms with Crippen molar-refractivity contribution in [3.05, 3.63) is 42.5 Å². The van der Waals surface area contributed by atoms with Gasteiger partial charge >= 0.3 is 0 Å². The van der Waals surface area contributed by atoms with Crippen molar-refractivity contribution in [2.75, 3.05) is 18.1 Å². The summed E-state index contributed by atoms with van der Waals surface area (Å²) in [7, 11) is -3.14. The largest absolute Gasteiger partial charge is 0.368 e. The van der Waals surface area contributed by atoms with Crippen molar-refractivity contribution in [1.29, 1.82) is 0 Å². The molecule has 2 aromatic heterocycles. The van der Waals surface area contributed by atoms with Crippen LogP contribution in [0.2, 0.25) is 0 Å². The number of aromatic amines is 1. The summed E-state index contributed by atoms with van der Waals surface area (Å²) < 4.78 is 22.8. The Hall–Kier alpha value is -2.48. The average molecular weight is 317 g/mol. The normalized spacial score (nSPS) is 11.7. The first kappa shape index (κ1) is 14.5. The van der Waals surface area contributed by atoms with Crippen molar-refractivity contribution in [3.8, 4) is 0 Å². The van der Waals surface area contributed by atoms with Crippen LogP contribution >= 0.6 is 0 Å². The number of hydrogen-bond donors (Lipinski definition) is 2. The number of aromatic nitrogens is 4. The average Bonchev–Trinajstić information content (AvgIpc) is 2.96. The number of H-pyrrole nitrogens is 1. The summed E-state index contributed by atoms with van der Waals surface area (Å²) in [5, 5.41) is 3.23. The number of anilines is 1. The summed E-state index contributed by atoms with van der Waals surface area (Å²) in [6.07, 6.45) is 5.00. The molecule has 22 heavy (non-hydrogen) atoms. The van der Waals surface area contributed by atoms with Crippen LogP contribution in [-0.2, 0) is 16.3 Å². The molecule has 0 radical (unpaired) electrons. The van der Waals surface area contributed by atoms with E-state index in [1.807, 2.05) is 12.1 Å². The van der Waals surface area contributed by atoms with E-state index in [0.29, 0.717) is 22.9 Å². The van der Waals surface area contributed by atoms with Gasteiger partial charge in [-0.05, 0) is 24.1 Å². The van der Waals surface area contributed by atoms with E-state index in [2.05, 4.69) is 25.3 Å². The lowest BCUT2D eigenvalue weighted by Gasteiger charge is -2.06. The fraction of sp³-hybridized carbons (Fsp3) is 0.214. The monoisotopic (exact) mass is 317 g/mol. The Morgan fingerprint density at radius 1 is 1.14 bits per heavy atom. The number of imidazole rings is 1. The van der Waals surface area contributed by atoms with Gasteiger partial charge in [0.1, 0.15) is 11.8 Å². The van der Waals surface area contributed by atoms with Crippen LogP contribution < -0.4 is 5.32 Å². The minimum Gasteiger partial charge on any atom is -0.368 e. The van der Waals surface area contributed by atoms with Gasteiger partial charge in [0.25, 0.3) is 0 Å². The molecular formula is C14H15N5O2S. The van der Waals surface area contributed by atoms with Crippen molar-refractivity contribution >= 4 is 26.8 Å². The molecule has 0 spiro atoms. The van der Waals surface area contributed by atoms with Crippen LogP contribution in [0.3, 0.4) is 0 Å². The maximum atomic E-state index is 11.4. The van der Waals surface area contributed by atoms with Gasteiger partial charge in [-0.15, -0.1) is 0 Å². The quantitative estimate of drug-likeness (QED) is 0.738. The summed E-state index contributed by atoms with van der Waals surface area (Å²) in [6.45, 7) is 0.670. The van der Waals surface area contributed by atoms with Crippen molar-refractivity contribution in [3.63, 3.8) is 0 Å². The van der Waals surface area contributed by atoms with Gasteiger partial charge in [-0.3, -0.25) is 0 Å². The topological polar surface area (TPSA) is 101 Å². The van der Waals surface area contributed by atoms with Crippen molar-refractivity contribution in [2.45, 2.75) is 11.3 Å². The molecule has 114 valence electrons. The Morgan fingerprint density at radius 3 is 2.64 bits per heavy atom. The maximum absolute atomic E-state index is 11.4. The lowest BCUT2D eigenvalue weighted by molar-refractivity contribution is 0.602. The molecule has 1 aromatic carbocycles. The number of nitrogens with one attached hydrogen (secondary N) is 2. The Balaban J connectivity index is 1.65. The molecule has 0 bridgehead atoms. The van der Waals surface area contributed by atoms with Crippen molar-refractivity contribution in [1.82, 2.24) is 19.9 Å². The van der Waals surface area contributed by atoms with Crippen molar-refractivity contribution in [2.24, 2.45) is 0 Å². The molecule has 3 aromatic rings. The third kappa shape index (κ3) is 3.06. The third-order valence-corrected chi connectivity index (χ3v) is 4.41. The van der Waals surface area contributed by atoms with Gasteiger partial charge in [0.05, 0.1) is 11.2 Å². The standard InChI is InChI=1S/C14H15N5O2S/c1-22(20,21)11-4-2-10(3-5-11)6-7-15-13-12-14(17-8-16-12)19-9-18-13/h2-5,8-9H,6-7H2,1H3,(H2,15,16,17,18,19). The number of fused-ring (bicyclic) bond motifs is 1. The fourth-order valence-corrected chi connectivity index (χ4v) is 2.76. The Morgan fingerprint density at radius 2 is 1.91 bits per heavy atom. The highest BCUT2D eigenvalue weighted by atomic mass is 32.2. The Bertz CT molecular complexity index is 887. The van der Waals surface area contributed by atoms with E-state index in [1.54, 1.807) is 18.5 Å². The SMILES string of the molecule is CS(=O)(=O)c1ccc(CCNc2ncnc3nc[nH]c23)cc1. The highest BCUT2D eigenvalue weighted by molar-refractivity contribution is 7.90. The number of rotatable bonds is 5. The van der Waals surface area contributed by atoms with Gasteiger partial charge in [-0.2, -0.15) is 0 Å². The van der Waals surface area contributed by atoms with Crippen LogP contribution in [0.5, 0.6) is 0 Å². The van der Waals surface area contributed by atoms with Gasteiger partial charge in [-0.1, -0.05) is 12.1 Å². The molecule has 0 fully saturated rings. The molecule has 8 heteroatoms. The molecule has 2 heterocycles. The summed E-state index contributed by atoms with van der Waals surface area (Å²) in [5.41, 5.74) is 2.44. The number of sulfone groups is 1. The first-order valence-electron chi connectivity index (χ1n) is 6.71. The molecule has 0 unspecified atom stereocenters. The summed E-state index contributed by atoms with van der Waals surface area (Å²) in [5.74, 6) is 0.704. The number of hydrogen-bond acceptors (Lipinski definition) is 6. The molecule has 7 nitrogen and oxygen atoms in total. The molecule has 0 saturated carbocycles. The van der Waals surface area contributed by atoms with Crippen LogP contribution in [0, 0.1) is 0 Å². The molecule has 3 rings (SSSR count). The predicted octanol–water partition coefficient (Wildman–Crippen LogP) is 1.41. The fourth-order valence-electron chi connectivity index (χ4n) is 2.13. The molecule has 0 aliphatic heterocycles. The van der Waals surface area contributed by atoms with E-state index in [-0.39, 0.29) is 0 Å². The maximum Gasteiger partial charge on any atom is 0.182 e. The molecule has 0 aliphatic rings. The zero-order valence-corrected chi connectivity index (χ0v) is 12.8. The summed E-state index contributed by atoms with van der Waals surface area (Å²) in [6, 6.07) is 6.90. The predicted molar refractivity (Wildman–Crippen MR) is 83.4 cm³/mol. The van der Waals surface area contributed by atoms with Crippen LogP contribution in [0.15, 0.2) is 41.8 Å². The zero-order chi connectivity index (χ0) is 15.6. The van der Waals surface area contributed by atoms with E-state index in [0.717, 1.165) is 17.5 Å². The highest BCUT2D eigenvalue weighted by Crippen LogP contribution is 2.15. The van der Waals surface area contributed by atoms with Gasteiger partial charge in [0.15, 0.2) is 21.3 Å². The zero-order valence-electron chi connectivity index (χ0n) is 11.9.